The molecular formula is C16H14ClFN2O2. The first-order chi connectivity index (χ1) is 10.6. The maximum absolute atomic E-state index is 13.5. The second kappa shape index (κ2) is 7.56. The summed E-state index contributed by atoms with van der Waals surface area (Å²) in [4.78, 5) is 11.6. The number of carbonyl (C=O) groups is 1. The monoisotopic (exact) mass is 320 g/mol. The van der Waals surface area contributed by atoms with Crippen LogP contribution in [0.5, 0.6) is 5.75 Å². The molecule has 0 aromatic heterocycles. The quantitative estimate of drug-likeness (QED) is 0.678. The number of hydrazone groups is 1. The van der Waals surface area contributed by atoms with Crippen LogP contribution in [0.4, 0.5) is 4.39 Å². The molecule has 0 fully saturated rings. The molecule has 22 heavy (non-hydrogen) atoms. The Morgan fingerprint density at radius 1 is 1.23 bits per heavy atom. The van der Waals surface area contributed by atoms with Crippen LogP contribution in [0.2, 0.25) is 5.02 Å². The second-order valence-electron chi connectivity index (χ2n) is 4.45. The van der Waals surface area contributed by atoms with Gasteiger partial charge in [-0.1, -0.05) is 29.8 Å². The second-order valence-corrected chi connectivity index (χ2v) is 4.89. The highest BCUT2D eigenvalue weighted by Crippen LogP contribution is 2.15. The first-order valence-electron chi connectivity index (χ1n) is 6.52. The van der Waals surface area contributed by atoms with Gasteiger partial charge in [0.25, 0.3) is 5.91 Å². The SMILES string of the molecule is C/C(=N\NC(=O)COc1ccc(Cl)cc1)c1ccccc1F. The van der Waals surface area contributed by atoms with E-state index >= 15 is 0 Å². The lowest BCUT2D eigenvalue weighted by Crippen LogP contribution is -2.25. The third-order valence-corrected chi connectivity index (χ3v) is 3.05. The zero-order valence-corrected chi connectivity index (χ0v) is 12.6. The highest BCUT2D eigenvalue weighted by atomic mass is 35.5. The fourth-order valence-electron chi connectivity index (χ4n) is 1.67. The normalized spacial score (nSPS) is 11.1. The predicted octanol–water partition coefficient (Wildman–Crippen LogP) is 3.40. The molecule has 0 unspecified atom stereocenters. The molecule has 2 aromatic carbocycles. The number of benzene rings is 2. The Morgan fingerprint density at radius 3 is 2.59 bits per heavy atom. The molecule has 0 aliphatic heterocycles. The van der Waals surface area contributed by atoms with E-state index in [-0.39, 0.29) is 6.61 Å². The molecule has 1 amide bonds. The zero-order chi connectivity index (χ0) is 15.9. The summed E-state index contributed by atoms with van der Waals surface area (Å²) in [5.41, 5.74) is 3.03. The highest BCUT2D eigenvalue weighted by molar-refractivity contribution is 6.30. The number of hydrogen-bond donors (Lipinski definition) is 1. The smallest absolute Gasteiger partial charge is 0.277 e. The van der Waals surface area contributed by atoms with E-state index in [0.717, 1.165) is 0 Å². The van der Waals surface area contributed by atoms with Gasteiger partial charge in [0.1, 0.15) is 11.6 Å². The number of hydrogen-bond acceptors (Lipinski definition) is 3. The van der Waals surface area contributed by atoms with Gasteiger partial charge < -0.3 is 4.74 Å². The van der Waals surface area contributed by atoms with E-state index in [1.54, 1.807) is 49.4 Å². The molecule has 2 aromatic rings. The predicted molar refractivity (Wildman–Crippen MR) is 83.7 cm³/mol. The average molecular weight is 321 g/mol. The molecule has 4 nitrogen and oxygen atoms in total. The Balaban J connectivity index is 1.88. The average Bonchev–Trinajstić information content (AvgIpc) is 2.52. The Bertz CT molecular complexity index is 687. The number of rotatable bonds is 5. The van der Waals surface area contributed by atoms with Gasteiger partial charge in [0.15, 0.2) is 6.61 Å². The molecule has 1 N–H and O–H groups in total. The van der Waals surface area contributed by atoms with Gasteiger partial charge in [0.2, 0.25) is 0 Å². The van der Waals surface area contributed by atoms with Crippen LogP contribution in [0.3, 0.4) is 0 Å². The van der Waals surface area contributed by atoms with E-state index in [2.05, 4.69) is 10.5 Å². The molecule has 0 aliphatic rings. The molecule has 0 spiro atoms. The van der Waals surface area contributed by atoms with Gasteiger partial charge >= 0.3 is 0 Å². The molecule has 0 atom stereocenters. The molecule has 0 bridgehead atoms. The van der Waals surface area contributed by atoms with Gasteiger partial charge in [-0.05, 0) is 37.3 Å². The minimum Gasteiger partial charge on any atom is -0.484 e. The van der Waals surface area contributed by atoms with Gasteiger partial charge in [0.05, 0.1) is 5.71 Å². The van der Waals surface area contributed by atoms with Crippen molar-refractivity contribution >= 4 is 23.2 Å². The molecular weight excluding hydrogens is 307 g/mol. The molecule has 0 aliphatic carbocycles. The van der Waals surface area contributed by atoms with Crippen LogP contribution < -0.4 is 10.2 Å². The summed E-state index contributed by atoms with van der Waals surface area (Å²) in [6, 6.07) is 12.8. The molecule has 2 rings (SSSR count). The summed E-state index contributed by atoms with van der Waals surface area (Å²) >= 11 is 5.75. The largest absolute Gasteiger partial charge is 0.484 e. The minimum atomic E-state index is -0.439. The van der Waals surface area contributed by atoms with E-state index in [9.17, 15) is 9.18 Å². The van der Waals surface area contributed by atoms with E-state index in [1.807, 2.05) is 0 Å². The standard InChI is InChI=1S/C16H14ClFN2O2/c1-11(14-4-2-3-5-15(14)18)19-20-16(21)10-22-13-8-6-12(17)7-9-13/h2-9H,10H2,1H3,(H,20,21)/b19-11+. The van der Waals surface area contributed by atoms with Crippen molar-refractivity contribution in [2.75, 3.05) is 6.61 Å². The summed E-state index contributed by atoms with van der Waals surface area (Å²) in [5.74, 6) is -0.310. The van der Waals surface area contributed by atoms with E-state index in [4.69, 9.17) is 16.3 Å². The first-order valence-corrected chi connectivity index (χ1v) is 6.90. The maximum Gasteiger partial charge on any atom is 0.277 e. The van der Waals surface area contributed by atoms with Crippen molar-refractivity contribution in [3.63, 3.8) is 0 Å². The summed E-state index contributed by atoms with van der Waals surface area (Å²) in [6.07, 6.45) is 0. The van der Waals surface area contributed by atoms with Crippen LogP contribution in [-0.4, -0.2) is 18.2 Å². The highest BCUT2D eigenvalue weighted by Gasteiger charge is 2.06. The summed E-state index contributed by atoms with van der Waals surface area (Å²) < 4.78 is 18.8. The van der Waals surface area contributed by atoms with Crippen molar-refractivity contribution < 1.29 is 13.9 Å². The Labute approximate surface area is 132 Å². The van der Waals surface area contributed by atoms with Gasteiger partial charge in [-0.3, -0.25) is 4.79 Å². The lowest BCUT2D eigenvalue weighted by molar-refractivity contribution is -0.123. The zero-order valence-electron chi connectivity index (χ0n) is 11.8. The van der Waals surface area contributed by atoms with Crippen LogP contribution in [0.25, 0.3) is 0 Å². The van der Waals surface area contributed by atoms with Crippen LogP contribution in [0, 0.1) is 5.82 Å². The summed E-state index contributed by atoms with van der Waals surface area (Å²) in [5, 5.41) is 4.44. The number of carbonyl (C=O) groups excluding carboxylic acids is 1. The lowest BCUT2D eigenvalue weighted by Gasteiger charge is -2.06. The van der Waals surface area contributed by atoms with Crippen LogP contribution in [0.15, 0.2) is 53.6 Å². The number of amides is 1. The number of ether oxygens (including phenoxy) is 1. The van der Waals surface area contributed by atoms with Crippen molar-refractivity contribution in [3.8, 4) is 5.75 Å². The number of nitrogens with zero attached hydrogens (tertiary/aromatic N) is 1. The van der Waals surface area contributed by atoms with Gasteiger partial charge in [-0.25, -0.2) is 9.82 Å². The van der Waals surface area contributed by atoms with Crippen molar-refractivity contribution in [2.45, 2.75) is 6.92 Å². The number of halogens is 2. The first kappa shape index (κ1) is 16.0. The third-order valence-electron chi connectivity index (χ3n) is 2.80. The Kier molecular flexibility index (Phi) is 5.49. The summed E-state index contributed by atoms with van der Waals surface area (Å²) in [6.45, 7) is 1.41. The van der Waals surface area contributed by atoms with Crippen LogP contribution >= 0.6 is 11.6 Å². The molecule has 0 saturated carbocycles. The van der Waals surface area contributed by atoms with Gasteiger partial charge in [-0.2, -0.15) is 5.10 Å². The van der Waals surface area contributed by atoms with Gasteiger partial charge in [-0.15, -0.1) is 0 Å². The van der Waals surface area contributed by atoms with Crippen molar-refractivity contribution in [2.24, 2.45) is 5.10 Å². The Hall–Kier alpha value is -2.40. The fraction of sp³-hybridized carbons (Fsp3) is 0.125. The molecule has 0 radical (unpaired) electrons. The molecule has 0 saturated heterocycles. The van der Waals surface area contributed by atoms with E-state index < -0.39 is 11.7 Å². The number of nitrogens with one attached hydrogen (secondary N) is 1. The van der Waals surface area contributed by atoms with E-state index in [0.29, 0.717) is 22.0 Å². The van der Waals surface area contributed by atoms with Gasteiger partial charge in [0, 0.05) is 10.6 Å². The fourth-order valence-corrected chi connectivity index (χ4v) is 1.80. The van der Waals surface area contributed by atoms with Crippen LogP contribution in [0.1, 0.15) is 12.5 Å². The Morgan fingerprint density at radius 2 is 1.91 bits per heavy atom. The third kappa shape index (κ3) is 4.56. The van der Waals surface area contributed by atoms with Crippen LogP contribution in [-0.2, 0) is 4.79 Å². The topological polar surface area (TPSA) is 50.7 Å². The molecule has 6 heteroatoms. The van der Waals surface area contributed by atoms with E-state index in [1.165, 1.54) is 6.07 Å². The molecule has 0 heterocycles. The molecule has 114 valence electrons. The van der Waals surface area contributed by atoms with Crippen molar-refractivity contribution in [1.82, 2.24) is 5.43 Å². The maximum atomic E-state index is 13.5. The van der Waals surface area contributed by atoms with Crippen molar-refractivity contribution in [1.29, 1.82) is 0 Å². The lowest BCUT2D eigenvalue weighted by atomic mass is 10.1. The van der Waals surface area contributed by atoms with Crippen molar-refractivity contribution in [3.05, 3.63) is 64.9 Å². The minimum absolute atomic E-state index is 0.199. The summed E-state index contributed by atoms with van der Waals surface area (Å²) in [7, 11) is 0.